The molecule has 0 spiro atoms. The number of anilines is 1. The Labute approximate surface area is 87.1 Å². The van der Waals surface area contributed by atoms with Crippen LogP contribution in [0.15, 0.2) is 30.3 Å². The van der Waals surface area contributed by atoms with E-state index < -0.39 is 5.97 Å². The Morgan fingerprint density at radius 2 is 2.00 bits per heavy atom. The minimum Gasteiger partial charge on any atom is -0.478 e. The maximum absolute atomic E-state index is 11.1. The fraction of sp³-hybridized carbons (Fsp3) is 0.0833. The van der Waals surface area contributed by atoms with Gasteiger partial charge >= 0.3 is 5.97 Å². The third-order valence-corrected chi connectivity index (χ3v) is 2.47. The molecule has 0 saturated heterocycles. The van der Waals surface area contributed by atoms with Crippen LogP contribution in [0.4, 0.5) is 5.69 Å². The Kier molecular flexibility index (Phi) is 2.08. The van der Waals surface area contributed by atoms with Gasteiger partial charge in [0.25, 0.3) is 0 Å². The SMILES string of the molecule is Cc1ccc2cc(N)ccc2c1C(=O)O. The normalized spacial score (nSPS) is 10.5. The van der Waals surface area contributed by atoms with Gasteiger partial charge in [0.15, 0.2) is 0 Å². The van der Waals surface area contributed by atoms with E-state index in [-0.39, 0.29) is 0 Å². The molecule has 3 nitrogen and oxygen atoms in total. The molecule has 76 valence electrons. The summed E-state index contributed by atoms with van der Waals surface area (Å²) in [5.41, 5.74) is 7.40. The van der Waals surface area contributed by atoms with E-state index in [0.29, 0.717) is 11.3 Å². The molecule has 15 heavy (non-hydrogen) atoms. The van der Waals surface area contributed by atoms with Crippen LogP contribution in [0.3, 0.4) is 0 Å². The van der Waals surface area contributed by atoms with Gasteiger partial charge in [-0.25, -0.2) is 4.79 Å². The number of carboxylic acids is 1. The van der Waals surface area contributed by atoms with Crippen molar-refractivity contribution in [3.8, 4) is 0 Å². The summed E-state index contributed by atoms with van der Waals surface area (Å²) in [6.07, 6.45) is 0. The van der Waals surface area contributed by atoms with E-state index >= 15 is 0 Å². The number of hydrogen-bond acceptors (Lipinski definition) is 2. The molecule has 0 bridgehead atoms. The number of aromatic carboxylic acids is 1. The smallest absolute Gasteiger partial charge is 0.336 e. The second-order valence-electron chi connectivity index (χ2n) is 3.54. The molecule has 3 heteroatoms. The van der Waals surface area contributed by atoms with Crippen LogP contribution in [-0.2, 0) is 0 Å². The molecular formula is C12H11NO2. The van der Waals surface area contributed by atoms with Crippen molar-refractivity contribution >= 4 is 22.4 Å². The van der Waals surface area contributed by atoms with Crippen LogP contribution in [-0.4, -0.2) is 11.1 Å². The number of hydrogen-bond donors (Lipinski definition) is 2. The predicted molar refractivity (Wildman–Crippen MR) is 60.1 cm³/mol. The molecular weight excluding hydrogens is 190 g/mol. The lowest BCUT2D eigenvalue weighted by atomic mass is 9.99. The molecule has 0 heterocycles. The quantitative estimate of drug-likeness (QED) is 0.696. The van der Waals surface area contributed by atoms with E-state index in [1.54, 1.807) is 31.2 Å². The van der Waals surface area contributed by atoms with Crippen LogP contribution in [0.5, 0.6) is 0 Å². The van der Waals surface area contributed by atoms with Gasteiger partial charge in [-0.1, -0.05) is 18.2 Å². The summed E-state index contributed by atoms with van der Waals surface area (Å²) in [5.74, 6) is -0.900. The lowest BCUT2D eigenvalue weighted by Crippen LogP contribution is -2.01. The summed E-state index contributed by atoms with van der Waals surface area (Å²) in [4.78, 5) is 11.1. The number of aryl methyl sites for hydroxylation is 1. The summed E-state index contributed by atoms with van der Waals surface area (Å²) in [5, 5.41) is 10.7. The van der Waals surface area contributed by atoms with E-state index in [1.165, 1.54) is 0 Å². The Morgan fingerprint density at radius 3 is 2.67 bits per heavy atom. The predicted octanol–water partition coefficient (Wildman–Crippen LogP) is 2.43. The van der Waals surface area contributed by atoms with Crippen LogP contribution in [0.25, 0.3) is 10.8 Å². The average molecular weight is 201 g/mol. The maximum atomic E-state index is 11.1. The number of nitrogens with two attached hydrogens (primary N) is 1. The van der Waals surface area contributed by atoms with E-state index in [9.17, 15) is 4.79 Å². The van der Waals surface area contributed by atoms with E-state index in [2.05, 4.69) is 0 Å². The zero-order valence-electron chi connectivity index (χ0n) is 8.32. The number of nitrogen functional groups attached to an aromatic ring is 1. The maximum Gasteiger partial charge on any atom is 0.336 e. The van der Waals surface area contributed by atoms with Gasteiger partial charge in [-0.2, -0.15) is 0 Å². The Morgan fingerprint density at radius 1 is 1.27 bits per heavy atom. The molecule has 3 N–H and O–H groups in total. The third kappa shape index (κ3) is 1.52. The standard InChI is InChI=1S/C12H11NO2/c1-7-2-3-8-6-9(13)4-5-10(8)11(7)12(14)15/h2-6H,13H2,1H3,(H,14,15). The average Bonchev–Trinajstić information content (AvgIpc) is 2.17. The zero-order valence-corrected chi connectivity index (χ0v) is 8.32. The molecule has 2 aromatic rings. The number of carboxylic acid groups (broad SMARTS) is 1. The Bertz CT molecular complexity index is 547. The van der Waals surface area contributed by atoms with Crippen LogP contribution in [0, 0.1) is 6.92 Å². The Hall–Kier alpha value is -2.03. The van der Waals surface area contributed by atoms with Gasteiger partial charge in [-0.05, 0) is 35.4 Å². The van der Waals surface area contributed by atoms with Crippen molar-refractivity contribution in [1.82, 2.24) is 0 Å². The second kappa shape index (κ2) is 3.28. The zero-order chi connectivity index (χ0) is 11.0. The summed E-state index contributed by atoms with van der Waals surface area (Å²) in [7, 11) is 0. The van der Waals surface area contributed by atoms with Crippen molar-refractivity contribution in [2.45, 2.75) is 6.92 Å². The molecule has 0 saturated carbocycles. The molecule has 2 rings (SSSR count). The highest BCUT2D eigenvalue weighted by Crippen LogP contribution is 2.24. The molecule has 0 unspecified atom stereocenters. The van der Waals surface area contributed by atoms with Gasteiger partial charge < -0.3 is 10.8 Å². The molecule has 0 amide bonds. The van der Waals surface area contributed by atoms with Crippen LogP contribution < -0.4 is 5.73 Å². The molecule has 0 atom stereocenters. The molecule has 0 radical (unpaired) electrons. The molecule has 0 aliphatic rings. The fourth-order valence-corrected chi connectivity index (χ4v) is 1.74. The van der Waals surface area contributed by atoms with Crippen molar-refractivity contribution in [2.24, 2.45) is 0 Å². The van der Waals surface area contributed by atoms with Crippen molar-refractivity contribution in [3.05, 3.63) is 41.5 Å². The number of rotatable bonds is 1. The minimum absolute atomic E-state index is 0.354. The fourth-order valence-electron chi connectivity index (χ4n) is 1.74. The highest BCUT2D eigenvalue weighted by molar-refractivity contribution is 6.05. The van der Waals surface area contributed by atoms with Gasteiger partial charge in [0.2, 0.25) is 0 Å². The molecule has 2 aromatic carbocycles. The van der Waals surface area contributed by atoms with Crippen molar-refractivity contribution in [1.29, 1.82) is 0 Å². The highest BCUT2D eigenvalue weighted by Gasteiger charge is 2.11. The third-order valence-electron chi connectivity index (χ3n) is 2.47. The van der Waals surface area contributed by atoms with Gasteiger partial charge in [0.05, 0.1) is 5.56 Å². The topological polar surface area (TPSA) is 63.3 Å². The summed E-state index contributed by atoms with van der Waals surface area (Å²) >= 11 is 0. The van der Waals surface area contributed by atoms with Gasteiger partial charge in [-0.3, -0.25) is 0 Å². The number of benzene rings is 2. The van der Waals surface area contributed by atoms with Crippen molar-refractivity contribution in [3.63, 3.8) is 0 Å². The van der Waals surface area contributed by atoms with E-state index in [0.717, 1.165) is 16.3 Å². The first-order valence-corrected chi connectivity index (χ1v) is 4.62. The first-order valence-electron chi connectivity index (χ1n) is 4.62. The summed E-state index contributed by atoms with van der Waals surface area (Å²) < 4.78 is 0. The first kappa shape index (κ1) is 9.52. The molecule has 0 aromatic heterocycles. The highest BCUT2D eigenvalue weighted by atomic mass is 16.4. The largest absolute Gasteiger partial charge is 0.478 e. The monoisotopic (exact) mass is 201 g/mol. The molecule has 0 aliphatic carbocycles. The van der Waals surface area contributed by atoms with Crippen LogP contribution >= 0.6 is 0 Å². The van der Waals surface area contributed by atoms with Crippen LogP contribution in [0.1, 0.15) is 15.9 Å². The minimum atomic E-state index is -0.900. The first-order chi connectivity index (χ1) is 7.09. The van der Waals surface area contributed by atoms with E-state index in [4.69, 9.17) is 10.8 Å². The second-order valence-corrected chi connectivity index (χ2v) is 3.54. The molecule has 0 fully saturated rings. The summed E-state index contributed by atoms with van der Waals surface area (Å²) in [6.45, 7) is 1.79. The lowest BCUT2D eigenvalue weighted by molar-refractivity contribution is 0.0698. The van der Waals surface area contributed by atoms with Gasteiger partial charge in [0.1, 0.15) is 0 Å². The summed E-state index contributed by atoms with van der Waals surface area (Å²) in [6, 6.07) is 8.93. The number of fused-ring (bicyclic) bond motifs is 1. The van der Waals surface area contributed by atoms with E-state index in [1.807, 2.05) is 6.07 Å². The van der Waals surface area contributed by atoms with Crippen molar-refractivity contribution < 1.29 is 9.90 Å². The van der Waals surface area contributed by atoms with Gasteiger partial charge in [-0.15, -0.1) is 0 Å². The lowest BCUT2D eigenvalue weighted by Gasteiger charge is -2.06. The van der Waals surface area contributed by atoms with Gasteiger partial charge in [0, 0.05) is 5.69 Å². The van der Waals surface area contributed by atoms with Crippen molar-refractivity contribution in [2.75, 3.05) is 5.73 Å². The number of carbonyl (C=O) groups is 1. The molecule has 0 aliphatic heterocycles. The Balaban J connectivity index is 2.88. The van der Waals surface area contributed by atoms with Crippen LogP contribution in [0.2, 0.25) is 0 Å².